The average Bonchev–Trinajstić information content (AvgIpc) is 3.10. The summed E-state index contributed by atoms with van der Waals surface area (Å²) in [5, 5.41) is 6.01. The van der Waals surface area contributed by atoms with Crippen LogP contribution in [0.2, 0.25) is 0 Å². The molecule has 0 bridgehead atoms. The van der Waals surface area contributed by atoms with Gasteiger partial charge in [0.2, 0.25) is 0 Å². The number of nitrogens with two attached hydrogens (primary N) is 1. The van der Waals surface area contributed by atoms with Gasteiger partial charge in [-0.25, -0.2) is 14.7 Å². The number of hydrogen-bond acceptors (Lipinski definition) is 3. The van der Waals surface area contributed by atoms with Crippen molar-refractivity contribution in [3.8, 4) is 0 Å². The number of aliphatic imine (C=N–C) groups is 1. The van der Waals surface area contributed by atoms with E-state index in [1.807, 2.05) is 39.0 Å². The number of urea groups is 1. The monoisotopic (exact) mass is 357 g/mol. The highest BCUT2D eigenvalue weighted by Crippen LogP contribution is 2.37. The van der Waals surface area contributed by atoms with Gasteiger partial charge in [0.15, 0.2) is 5.96 Å². The molecule has 140 valence electrons. The van der Waals surface area contributed by atoms with Crippen LogP contribution in [0.5, 0.6) is 0 Å². The maximum Gasteiger partial charge on any atom is 0.329 e. The lowest BCUT2D eigenvalue weighted by atomic mass is 9.98. The van der Waals surface area contributed by atoms with E-state index in [0.717, 1.165) is 18.4 Å². The Morgan fingerprint density at radius 2 is 2.00 bits per heavy atom. The molecular weight excluding hydrogens is 330 g/mol. The number of nitrogens with zero attached hydrogens (tertiary/aromatic N) is 2. The first-order valence-electron chi connectivity index (χ1n) is 9.04. The lowest BCUT2D eigenvalue weighted by Crippen LogP contribution is -2.44. The molecule has 3 amide bonds. The van der Waals surface area contributed by atoms with Crippen molar-refractivity contribution in [2.24, 2.45) is 10.7 Å². The van der Waals surface area contributed by atoms with Crippen LogP contribution >= 0.6 is 0 Å². The number of nitrogens with one attached hydrogen (secondary N) is 2. The quantitative estimate of drug-likeness (QED) is 0.439. The normalized spacial score (nSPS) is 20.0. The zero-order valence-corrected chi connectivity index (χ0v) is 15.6. The summed E-state index contributed by atoms with van der Waals surface area (Å²) in [6.45, 7) is 6.39. The molecule has 3 rings (SSSR count). The molecule has 2 aliphatic rings. The Bertz CT molecular complexity index is 745. The van der Waals surface area contributed by atoms with E-state index in [-0.39, 0.29) is 17.5 Å². The van der Waals surface area contributed by atoms with Crippen molar-refractivity contribution in [3.05, 3.63) is 29.8 Å². The van der Waals surface area contributed by atoms with Crippen LogP contribution in [0, 0.1) is 0 Å². The Kier molecular flexibility index (Phi) is 4.64. The van der Waals surface area contributed by atoms with Crippen LogP contribution in [0.25, 0.3) is 0 Å². The molecule has 0 aromatic heterocycles. The fourth-order valence-corrected chi connectivity index (χ4v) is 3.57. The maximum absolute atomic E-state index is 12.9. The number of imide groups is 1. The number of guanidine groups is 1. The average molecular weight is 357 g/mol. The maximum atomic E-state index is 12.9. The van der Waals surface area contributed by atoms with Crippen LogP contribution in [0.15, 0.2) is 29.3 Å². The number of rotatable bonds is 3. The van der Waals surface area contributed by atoms with Gasteiger partial charge in [-0.15, -0.1) is 0 Å². The molecule has 1 heterocycles. The topological polar surface area (TPSA) is 99.8 Å². The summed E-state index contributed by atoms with van der Waals surface area (Å²) in [5.74, 6) is 0.220. The van der Waals surface area contributed by atoms with Gasteiger partial charge >= 0.3 is 6.03 Å². The number of carbonyl (C=O) groups excluding carboxylic acids is 2. The minimum Gasteiger partial charge on any atom is -0.370 e. The molecule has 0 unspecified atom stereocenters. The number of hydrogen-bond donors (Lipinski definition) is 3. The van der Waals surface area contributed by atoms with Gasteiger partial charge in [0.05, 0.1) is 12.2 Å². The molecule has 1 aromatic rings. The SMILES string of the molecule is CC(C)(C)NC(N)=NCc1cccc(N2C(=O)NC3(CCCC3)C2=O)c1. The van der Waals surface area contributed by atoms with Crippen molar-refractivity contribution in [1.82, 2.24) is 10.6 Å². The molecule has 0 radical (unpaired) electrons. The van der Waals surface area contributed by atoms with Gasteiger partial charge in [-0.1, -0.05) is 25.0 Å². The second-order valence-corrected chi connectivity index (χ2v) is 8.11. The minimum absolute atomic E-state index is 0.144. The fraction of sp³-hybridized carbons (Fsp3) is 0.526. The summed E-state index contributed by atoms with van der Waals surface area (Å²) >= 11 is 0. The number of carbonyl (C=O) groups is 2. The van der Waals surface area contributed by atoms with Gasteiger partial charge in [0, 0.05) is 5.54 Å². The van der Waals surface area contributed by atoms with Crippen LogP contribution < -0.4 is 21.3 Å². The number of benzene rings is 1. The third kappa shape index (κ3) is 3.66. The molecule has 1 aliphatic heterocycles. The first kappa shape index (κ1) is 18.2. The number of amides is 3. The summed E-state index contributed by atoms with van der Waals surface area (Å²) in [5.41, 5.74) is 6.50. The van der Waals surface area contributed by atoms with Crippen LogP contribution in [0.1, 0.15) is 52.0 Å². The van der Waals surface area contributed by atoms with E-state index in [1.54, 1.807) is 6.07 Å². The van der Waals surface area contributed by atoms with E-state index < -0.39 is 5.54 Å². The van der Waals surface area contributed by atoms with Crippen molar-refractivity contribution in [2.45, 2.75) is 64.1 Å². The van der Waals surface area contributed by atoms with Crippen molar-refractivity contribution in [3.63, 3.8) is 0 Å². The molecule has 1 saturated carbocycles. The predicted octanol–water partition coefficient (Wildman–Crippen LogP) is 2.26. The molecule has 7 heteroatoms. The van der Waals surface area contributed by atoms with E-state index in [4.69, 9.17) is 5.73 Å². The standard InChI is InChI=1S/C19H27N5O2/c1-18(2,3)22-16(20)21-12-13-7-6-8-14(11-13)24-15(25)19(23-17(24)26)9-4-5-10-19/h6-8,11H,4-5,9-10,12H2,1-3H3,(H,23,26)(H3,20,21,22). The highest BCUT2D eigenvalue weighted by molar-refractivity contribution is 6.23. The van der Waals surface area contributed by atoms with E-state index in [9.17, 15) is 9.59 Å². The zero-order valence-electron chi connectivity index (χ0n) is 15.6. The summed E-state index contributed by atoms with van der Waals surface area (Å²) in [7, 11) is 0. The molecule has 1 saturated heterocycles. The van der Waals surface area contributed by atoms with Crippen molar-refractivity contribution >= 4 is 23.6 Å². The van der Waals surface area contributed by atoms with E-state index in [1.165, 1.54) is 4.90 Å². The lowest BCUT2D eigenvalue weighted by Gasteiger charge is -2.21. The molecule has 0 atom stereocenters. The van der Waals surface area contributed by atoms with Crippen LogP contribution in [-0.2, 0) is 11.3 Å². The second-order valence-electron chi connectivity index (χ2n) is 8.11. The smallest absolute Gasteiger partial charge is 0.329 e. The lowest BCUT2D eigenvalue weighted by molar-refractivity contribution is -0.121. The van der Waals surface area contributed by atoms with Gasteiger partial charge in [-0.3, -0.25) is 4.79 Å². The van der Waals surface area contributed by atoms with Gasteiger partial charge in [0.1, 0.15) is 5.54 Å². The summed E-state index contributed by atoms with van der Waals surface area (Å²) in [6.07, 6.45) is 3.36. The Morgan fingerprint density at radius 3 is 2.65 bits per heavy atom. The third-order valence-electron chi connectivity index (χ3n) is 4.72. The minimum atomic E-state index is -0.702. The molecule has 1 aliphatic carbocycles. The largest absolute Gasteiger partial charge is 0.370 e. The van der Waals surface area contributed by atoms with Crippen molar-refractivity contribution in [2.75, 3.05) is 4.90 Å². The molecule has 2 fully saturated rings. The molecule has 26 heavy (non-hydrogen) atoms. The Labute approximate surface area is 154 Å². The zero-order chi connectivity index (χ0) is 18.9. The van der Waals surface area contributed by atoms with Crippen molar-refractivity contribution in [1.29, 1.82) is 0 Å². The van der Waals surface area contributed by atoms with Crippen LogP contribution in [0.4, 0.5) is 10.5 Å². The molecule has 7 nitrogen and oxygen atoms in total. The number of anilines is 1. The van der Waals surface area contributed by atoms with E-state index in [2.05, 4.69) is 15.6 Å². The van der Waals surface area contributed by atoms with E-state index >= 15 is 0 Å². The highest BCUT2D eigenvalue weighted by Gasteiger charge is 2.52. The van der Waals surface area contributed by atoms with Gasteiger partial charge < -0.3 is 16.4 Å². The van der Waals surface area contributed by atoms with E-state index in [0.29, 0.717) is 31.0 Å². The predicted molar refractivity (Wildman–Crippen MR) is 102 cm³/mol. The van der Waals surface area contributed by atoms with Crippen LogP contribution in [0.3, 0.4) is 0 Å². The fourth-order valence-electron chi connectivity index (χ4n) is 3.57. The molecular formula is C19H27N5O2. The third-order valence-corrected chi connectivity index (χ3v) is 4.72. The Morgan fingerprint density at radius 1 is 1.31 bits per heavy atom. The van der Waals surface area contributed by atoms with Crippen LogP contribution in [-0.4, -0.2) is 29.0 Å². The first-order chi connectivity index (χ1) is 12.2. The molecule has 4 N–H and O–H groups in total. The van der Waals surface area contributed by atoms with Gasteiger partial charge in [-0.2, -0.15) is 0 Å². The second kappa shape index (κ2) is 6.63. The van der Waals surface area contributed by atoms with Gasteiger partial charge in [0.25, 0.3) is 5.91 Å². The van der Waals surface area contributed by atoms with Gasteiger partial charge in [-0.05, 0) is 51.3 Å². The summed E-state index contributed by atoms with van der Waals surface area (Å²) in [4.78, 5) is 30.9. The molecule has 1 spiro atoms. The summed E-state index contributed by atoms with van der Waals surface area (Å²) in [6, 6.07) is 6.98. The molecule has 1 aromatic carbocycles. The first-order valence-corrected chi connectivity index (χ1v) is 9.04. The highest BCUT2D eigenvalue weighted by atomic mass is 16.2. The Balaban J connectivity index is 1.76. The summed E-state index contributed by atoms with van der Waals surface area (Å²) < 4.78 is 0. The Hall–Kier alpha value is -2.57. The van der Waals surface area contributed by atoms with Crippen molar-refractivity contribution < 1.29 is 9.59 Å².